The maximum absolute atomic E-state index is 12.9. The van der Waals surface area contributed by atoms with Crippen LogP contribution in [-0.4, -0.2) is 32.9 Å². The average molecular weight is 342 g/mol. The predicted molar refractivity (Wildman–Crippen MR) is 88.5 cm³/mol. The standard InChI is InChI=1S/C16H23O6P/c1-5-20-16(17)15(23(18,21-6-2)22-7-3)12-13-8-10-14(19-4)11-9-13/h8-12H,5-7H2,1-4H3/b15-12-. The third kappa shape index (κ3) is 5.50. The molecule has 0 radical (unpaired) electrons. The smallest absolute Gasteiger partial charge is 0.368 e. The molecule has 0 spiro atoms. The van der Waals surface area contributed by atoms with E-state index in [1.165, 1.54) is 6.08 Å². The zero-order chi connectivity index (χ0) is 17.3. The van der Waals surface area contributed by atoms with E-state index in [1.54, 1.807) is 52.1 Å². The van der Waals surface area contributed by atoms with E-state index in [4.69, 9.17) is 18.5 Å². The Morgan fingerprint density at radius 1 is 1.04 bits per heavy atom. The van der Waals surface area contributed by atoms with Crippen LogP contribution in [0.4, 0.5) is 0 Å². The number of esters is 1. The van der Waals surface area contributed by atoms with Crippen molar-refractivity contribution in [3.05, 3.63) is 35.1 Å². The second kappa shape index (κ2) is 9.50. The van der Waals surface area contributed by atoms with E-state index >= 15 is 0 Å². The Bertz CT molecular complexity index is 569. The maximum Gasteiger partial charge on any atom is 0.368 e. The predicted octanol–water partition coefficient (Wildman–Crippen LogP) is 3.87. The molecule has 1 aromatic carbocycles. The summed E-state index contributed by atoms with van der Waals surface area (Å²) in [4.78, 5) is 12.2. The first kappa shape index (κ1) is 19.4. The van der Waals surface area contributed by atoms with Gasteiger partial charge in [0.15, 0.2) is 0 Å². The van der Waals surface area contributed by atoms with Crippen LogP contribution in [0.15, 0.2) is 29.6 Å². The van der Waals surface area contributed by atoms with Gasteiger partial charge in [0, 0.05) is 0 Å². The molecule has 1 aromatic rings. The Morgan fingerprint density at radius 2 is 1.61 bits per heavy atom. The van der Waals surface area contributed by atoms with E-state index in [-0.39, 0.29) is 25.1 Å². The van der Waals surface area contributed by atoms with Crippen molar-refractivity contribution in [1.82, 2.24) is 0 Å². The highest BCUT2D eigenvalue weighted by atomic mass is 31.2. The van der Waals surface area contributed by atoms with E-state index in [9.17, 15) is 9.36 Å². The summed E-state index contributed by atoms with van der Waals surface area (Å²) in [6, 6.07) is 6.95. The summed E-state index contributed by atoms with van der Waals surface area (Å²) >= 11 is 0. The molecule has 0 saturated carbocycles. The molecule has 1 rings (SSSR count). The van der Waals surface area contributed by atoms with Gasteiger partial charge in [0.1, 0.15) is 11.1 Å². The van der Waals surface area contributed by atoms with Crippen LogP contribution < -0.4 is 4.74 Å². The van der Waals surface area contributed by atoms with Crippen LogP contribution in [0.25, 0.3) is 6.08 Å². The van der Waals surface area contributed by atoms with E-state index < -0.39 is 13.6 Å². The van der Waals surface area contributed by atoms with Crippen molar-refractivity contribution in [2.75, 3.05) is 26.9 Å². The highest BCUT2D eigenvalue weighted by molar-refractivity contribution is 7.60. The second-order valence-corrected chi connectivity index (χ2v) is 6.35. The molecule has 0 saturated heterocycles. The van der Waals surface area contributed by atoms with Crippen LogP contribution in [0.5, 0.6) is 5.75 Å². The average Bonchev–Trinajstić information content (AvgIpc) is 2.53. The van der Waals surface area contributed by atoms with E-state index in [0.717, 1.165) is 0 Å². The Balaban J connectivity index is 3.29. The van der Waals surface area contributed by atoms with E-state index in [0.29, 0.717) is 11.3 Å². The lowest BCUT2D eigenvalue weighted by atomic mass is 10.2. The van der Waals surface area contributed by atoms with Crippen LogP contribution >= 0.6 is 7.60 Å². The lowest BCUT2D eigenvalue weighted by Crippen LogP contribution is -2.11. The second-order valence-electron chi connectivity index (χ2n) is 4.36. The summed E-state index contributed by atoms with van der Waals surface area (Å²) in [5.41, 5.74) is 0.661. The van der Waals surface area contributed by atoms with Crippen LogP contribution in [0.3, 0.4) is 0 Å². The Kier molecular flexibility index (Phi) is 8.03. The number of ether oxygens (including phenoxy) is 2. The molecule has 0 aromatic heterocycles. The lowest BCUT2D eigenvalue weighted by Gasteiger charge is -2.19. The number of carbonyl (C=O) groups is 1. The van der Waals surface area contributed by atoms with Gasteiger partial charge in [-0.25, -0.2) is 4.79 Å². The summed E-state index contributed by atoms with van der Waals surface area (Å²) in [5, 5.41) is -0.117. The van der Waals surface area contributed by atoms with Crippen molar-refractivity contribution >= 4 is 19.6 Å². The maximum atomic E-state index is 12.9. The molecule has 0 aliphatic rings. The van der Waals surface area contributed by atoms with Gasteiger partial charge in [-0.05, 0) is 44.5 Å². The summed E-state index contributed by atoms with van der Waals surface area (Å²) in [5.74, 6) is -0.0359. The van der Waals surface area contributed by atoms with Crippen molar-refractivity contribution < 1.29 is 27.9 Å². The minimum absolute atomic E-state index is 0.117. The highest BCUT2D eigenvalue weighted by Crippen LogP contribution is 2.57. The van der Waals surface area contributed by atoms with Crippen molar-refractivity contribution in [2.24, 2.45) is 0 Å². The zero-order valence-electron chi connectivity index (χ0n) is 13.9. The topological polar surface area (TPSA) is 71.1 Å². The summed E-state index contributed by atoms with van der Waals surface area (Å²) in [7, 11) is -2.18. The first-order chi connectivity index (χ1) is 11.0. The van der Waals surface area contributed by atoms with Crippen molar-refractivity contribution in [1.29, 1.82) is 0 Å². The van der Waals surface area contributed by atoms with Crippen molar-refractivity contribution in [3.8, 4) is 5.75 Å². The Hall–Kier alpha value is -1.62. The van der Waals surface area contributed by atoms with Crippen LogP contribution in [0, 0.1) is 0 Å². The third-order valence-corrected chi connectivity index (χ3v) is 4.89. The van der Waals surface area contributed by atoms with Gasteiger partial charge in [-0.15, -0.1) is 0 Å². The number of hydrogen-bond donors (Lipinski definition) is 0. The summed E-state index contributed by atoms with van der Waals surface area (Å²) < 4.78 is 33.5. The normalized spacial score (nSPS) is 12.1. The van der Waals surface area contributed by atoms with Crippen LogP contribution in [0.2, 0.25) is 0 Å². The van der Waals surface area contributed by atoms with Gasteiger partial charge in [0.25, 0.3) is 0 Å². The molecule has 0 unspecified atom stereocenters. The molecule has 0 fully saturated rings. The molecule has 23 heavy (non-hydrogen) atoms. The molecular weight excluding hydrogens is 319 g/mol. The number of benzene rings is 1. The van der Waals surface area contributed by atoms with E-state index in [2.05, 4.69) is 0 Å². The van der Waals surface area contributed by atoms with Crippen molar-refractivity contribution in [3.63, 3.8) is 0 Å². The number of hydrogen-bond acceptors (Lipinski definition) is 6. The first-order valence-electron chi connectivity index (χ1n) is 7.43. The molecule has 0 aliphatic heterocycles. The molecule has 6 nitrogen and oxygen atoms in total. The van der Waals surface area contributed by atoms with Gasteiger partial charge in [-0.2, -0.15) is 0 Å². The van der Waals surface area contributed by atoms with Crippen LogP contribution in [-0.2, 0) is 23.1 Å². The van der Waals surface area contributed by atoms with Gasteiger partial charge in [0.2, 0.25) is 0 Å². The summed E-state index contributed by atoms with van der Waals surface area (Å²) in [6.07, 6.45) is 1.46. The SMILES string of the molecule is CCOC(=O)/C(=C/c1ccc(OC)cc1)P(=O)(OCC)OCC. The fraction of sp³-hybridized carbons (Fsp3) is 0.438. The molecule has 0 bridgehead atoms. The molecule has 7 heteroatoms. The third-order valence-electron chi connectivity index (χ3n) is 2.80. The molecule has 0 aliphatic carbocycles. The molecule has 0 amide bonds. The fourth-order valence-corrected chi connectivity index (χ4v) is 3.46. The van der Waals surface area contributed by atoms with Crippen LogP contribution in [0.1, 0.15) is 26.3 Å². The number of carbonyl (C=O) groups excluding carboxylic acids is 1. The van der Waals surface area contributed by atoms with Gasteiger partial charge in [-0.3, -0.25) is 4.57 Å². The van der Waals surface area contributed by atoms with Gasteiger partial charge in [-0.1, -0.05) is 12.1 Å². The molecule has 0 atom stereocenters. The molecule has 0 N–H and O–H groups in total. The summed E-state index contributed by atoms with van der Waals surface area (Å²) in [6.45, 7) is 5.50. The lowest BCUT2D eigenvalue weighted by molar-refractivity contribution is -0.137. The monoisotopic (exact) mass is 342 g/mol. The zero-order valence-corrected chi connectivity index (χ0v) is 14.8. The molecular formula is C16H23O6P. The fourth-order valence-electron chi connectivity index (χ4n) is 1.83. The largest absolute Gasteiger partial charge is 0.497 e. The minimum Gasteiger partial charge on any atom is -0.497 e. The van der Waals surface area contributed by atoms with Gasteiger partial charge in [0.05, 0.1) is 26.9 Å². The Labute approximate surface area is 136 Å². The van der Waals surface area contributed by atoms with Crippen molar-refractivity contribution in [2.45, 2.75) is 20.8 Å². The van der Waals surface area contributed by atoms with E-state index in [1.807, 2.05) is 0 Å². The quantitative estimate of drug-likeness (QED) is 0.385. The Morgan fingerprint density at radius 3 is 2.04 bits per heavy atom. The molecule has 0 heterocycles. The van der Waals surface area contributed by atoms with Gasteiger partial charge >= 0.3 is 13.6 Å². The minimum atomic E-state index is -3.74. The number of rotatable bonds is 9. The number of methoxy groups -OCH3 is 1. The van der Waals surface area contributed by atoms with Gasteiger partial charge < -0.3 is 18.5 Å². The molecule has 128 valence electrons. The highest BCUT2D eigenvalue weighted by Gasteiger charge is 2.36. The first-order valence-corrected chi connectivity index (χ1v) is 8.97.